The lowest BCUT2D eigenvalue weighted by molar-refractivity contribution is -0.140. The summed E-state index contributed by atoms with van der Waals surface area (Å²) in [6.45, 7) is 2.16. The van der Waals surface area contributed by atoms with Crippen molar-refractivity contribution < 1.29 is 41.4 Å². The largest absolute Gasteiger partial charge is 0.425 e. The van der Waals surface area contributed by atoms with Gasteiger partial charge in [0, 0.05) is 7.11 Å². The fourth-order valence-electron chi connectivity index (χ4n) is 1.58. The van der Waals surface area contributed by atoms with E-state index in [4.69, 9.17) is 28.2 Å². The van der Waals surface area contributed by atoms with Crippen LogP contribution in [0.4, 0.5) is 0 Å². The number of rotatable bonds is 13. The first-order valence-electron chi connectivity index (χ1n) is 7.44. The Kier molecular flexibility index (Phi) is 10.2. The van der Waals surface area contributed by atoms with Gasteiger partial charge in [-0.3, -0.25) is 4.55 Å². The molecule has 0 saturated carbocycles. The van der Waals surface area contributed by atoms with Gasteiger partial charge >= 0.3 is 5.97 Å². The summed E-state index contributed by atoms with van der Waals surface area (Å²) in [6.07, 6.45) is 0. The average Bonchev–Trinajstić information content (AvgIpc) is 2.56. The molecule has 0 spiro atoms. The fraction of sp³-hybridized carbons (Fsp3) is 0.533. The van der Waals surface area contributed by atoms with Crippen LogP contribution >= 0.6 is 0 Å². The number of carbonyl (C=O) groups excluding carboxylic acids is 1. The lowest BCUT2D eigenvalue weighted by Crippen LogP contribution is -2.18. The van der Waals surface area contributed by atoms with Crippen LogP contribution in [0.5, 0.6) is 5.75 Å². The quantitative estimate of drug-likeness (QED) is 0.227. The zero-order chi connectivity index (χ0) is 18.5. The van der Waals surface area contributed by atoms with Crippen molar-refractivity contribution in [1.29, 1.82) is 0 Å². The Morgan fingerprint density at radius 3 is 1.96 bits per heavy atom. The number of esters is 1. The number of benzene rings is 1. The lowest BCUT2D eigenvalue weighted by atomic mass is 10.3. The van der Waals surface area contributed by atoms with E-state index in [0.29, 0.717) is 33.0 Å². The molecule has 1 aromatic carbocycles. The van der Waals surface area contributed by atoms with Crippen LogP contribution < -0.4 is 4.74 Å². The molecular weight excluding hydrogens is 356 g/mol. The summed E-state index contributed by atoms with van der Waals surface area (Å²) < 4.78 is 55.9. The van der Waals surface area contributed by atoms with E-state index in [1.165, 1.54) is 12.1 Å². The highest BCUT2D eigenvalue weighted by Crippen LogP contribution is 2.15. The van der Waals surface area contributed by atoms with Crippen LogP contribution in [0.3, 0.4) is 0 Å². The van der Waals surface area contributed by atoms with E-state index in [0.717, 1.165) is 12.1 Å². The van der Waals surface area contributed by atoms with Crippen LogP contribution in [0.1, 0.15) is 0 Å². The molecule has 0 saturated heterocycles. The van der Waals surface area contributed by atoms with Gasteiger partial charge in [0.25, 0.3) is 10.1 Å². The maximum atomic E-state index is 11.5. The van der Waals surface area contributed by atoms with E-state index in [9.17, 15) is 13.2 Å². The molecule has 0 aliphatic heterocycles. The summed E-state index contributed by atoms with van der Waals surface area (Å²) in [7, 11) is -2.68. The van der Waals surface area contributed by atoms with Gasteiger partial charge in [0.1, 0.15) is 12.4 Å². The van der Waals surface area contributed by atoms with Crippen molar-refractivity contribution in [3.63, 3.8) is 0 Å². The van der Waals surface area contributed by atoms with Crippen molar-refractivity contribution in [3.05, 3.63) is 24.3 Å². The minimum Gasteiger partial charge on any atom is -0.425 e. The Morgan fingerprint density at radius 2 is 1.44 bits per heavy atom. The Balaban J connectivity index is 2.09. The molecule has 0 radical (unpaired) electrons. The van der Waals surface area contributed by atoms with E-state index in [2.05, 4.69) is 0 Å². The summed E-state index contributed by atoms with van der Waals surface area (Å²) in [4.78, 5) is 11.3. The molecule has 1 rings (SSSR count). The van der Waals surface area contributed by atoms with Gasteiger partial charge in [-0.15, -0.1) is 0 Å². The highest BCUT2D eigenvalue weighted by Gasteiger charge is 2.10. The van der Waals surface area contributed by atoms with Gasteiger partial charge in [0.15, 0.2) is 0 Å². The molecule has 0 unspecified atom stereocenters. The van der Waals surface area contributed by atoms with E-state index < -0.39 is 16.1 Å². The number of ether oxygens (including phenoxy) is 5. The first-order chi connectivity index (χ1) is 11.9. The second kappa shape index (κ2) is 11.9. The smallest absolute Gasteiger partial charge is 0.337 e. The first-order valence-corrected chi connectivity index (χ1v) is 8.88. The Hall–Kier alpha value is -1.56. The molecule has 0 amide bonds. The van der Waals surface area contributed by atoms with E-state index >= 15 is 0 Å². The standard InChI is InChI=1S/C15H22O9S/c1-20-6-7-21-8-9-22-10-11-23-12-15(16)24-13-2-4-14(5-3-13)25(17,18)19/h2-5H,6-12H2,1H3,(H,17,18,19). The zero-order valence-corrected chi connectivity index (χ0v) is 14.7. The number of hydrogen-bond donors (Lipinski definition) is 1. The van der Waals surface area contributed by atoms with E-state index in [1.54, 1.807) is 7.11 Å². The molecule has 0 aliphatic rings. The normalized spacial score (nSPS) is 11.4. The summed E-state index contributed by atoms with van der Waals surface area (Å²) >= 11 is 0. The van der Waals surface area contributed by atoms with Gasteiger partial charge in [0.05, 0.1) is 44.5 Å². The van der Waals surface area contributed by atoms with Crippen LogP contribution in [-0.2, 0) is 33.9 Å². The molecule has 0 heterocycles. The summed E-state index contributed by atoms with van der Waals surface area (Å²) in [5, 5.41) is 0. The van der Waals surface area contributed by atoms with Crippen LogP contribution in [0.25, 0.3) is 0 Å². The van der Waals surface area contributed by atoms with Gasteiger partial charge in [0.2, 0.25) is 0 Å². The van der Waals surface area contributed by atoms with Crippen LogP contribution in [0, 0.1) is 0 Å². The second-order valence-electron chi connectivity index (χ2n) is 4.69. The number of methoxy groups -OCH3 is 1. The molecular formula is C15H22O9S. The van der Waals surface area contributed by atoms with Crippen molar-refractivity contribution >= 4 is 16.1 Å². The number of carbonyl (C=O) groups is 1. The number of hydrogen-bond acceptors (Lipinski definition) is 8. The molecule has 0 atom stereocenters. The van der Waals surface area contributed by atoms with Gasteiger partial charge in [-0.25, -0.2) is 4.79 Å². The van der Waals surface area contributed by atoms with Crippen molar-refractivity contribution in [2.45, 2.75) is 4.90 Å². The minimum atomic E-state index is -4.27. The van der Waals surface area contributed by atoms with Crippen molar-refractivity contribution in [2.75, 3.05) is 53.4 Å². The Morgan fingerprint density at radius 1 is 0.920 bits per heavy atom. The monoisotopic (exact) mass is 378 g/mol. The van der Waals surface area contributed by atoms with Crippen molar-refractivity contribution in [1.82, 2.24) is 0 Å². The molecule has 1 N–H and O–H groups in total. The molecule has 25 heavy (non-hydrogen) atoms. The summed E-state index contributed by atoms with van der Waals surface area (Å²) in [5.74, 6) is -0.493. The predicted molar refractivity (Wildman–Crippen MR) is 86.2 cm³/mol. The molecule has 142 valence electrons. The predicted octanol–water partition coefficient (Wildman–Crippen LogP) is 0.535. The minimum absolute atomic E-state index is 0.144. The van der Waals surface area contributed by atoms with E-state index in [1.807, 2.05) is 0 Å². The highest BCUT2D eigenvalue weighted by atomic mass is 32.2. The van der Waals surface area contributed by atoms with Crippen LogP contribution in [0.15, 0.2) is 29.2 Å². The second-order valence-corrected chi connectivity index (χ2v) is 6.11. The maximum Gasteiger partial charge on any atom is 0.337 e. The zero-order valence-electron chi connectivity index (χ0n) is 13.9. The third-order valence-corrected chi connectivity index (χ3v) is 3.62. The maximum absolute atomic E-state index is 11.5. The van der Waals surface area contributed by atoms with Crippen molar-refractivity contribution in [2.24, 2.45) is 0 Å². The molecule has 0 aliphatic carbocycles. The lowest BCUT2D eigenvalue weighted by Gasteiger charge is -2.07. The first kappa shape index (κ1) is 21.5. The fourth-order valence-corrected chi connectivity index (χ4v) is 2.06. The van der Waals surface area contributed by atoms with Gasteiger partial charge in [-0.2, -0.15) is 8.42 Å². The molecule has 9 nitrogen and oxygen atoms in total. The topological polar surface area (TPSA) is 118 Å². The van der Waals surface area contributed by atoms with Crippen LogP contribution in [0.2, 0.25) is 0 Å². The van der Waals surface area contributed by atoms with E-state index in [-0.39, 0.29) is 23.9 Å². The summed E-state index contributed by atoms with van der Waals surface area (Å²) in [5.41, 5.74) is 0. The third kappa shape index (κ3) is 10.1. The molecule has 10 heteroatoms. The molecule has 0 bridgehead atoms. The van der Waals surface area contributed by atoms with Gasteiger partial charge < -0.3 is 23.7 Å². The molecule has 1 aromatic rings. The Labute approximate surface area is 146 Å². The molecule has 0 aromatic heterocycles. The third-order valence-electron chi connectivity index (χ3n) is 2.75. The highest BCUT2D eigenvalue weighted by molar-refractivity contribution is 7.85. The Bertz CT molecular complexity index is 598. The van der Waals surface area contributed by atoms with Crippen molar-refractivity contribution in [3.8, 4) is 5.75 Å². The van der Waals surface area contributed by atoms with Gasteiger partial charge in [-0.1, -0.05) is 0 Å². The SMILES string of the molecule is COCCOCCOCCOCC(=O)Oc1ccc(S(=O)(=O)O)cc1. The molecule has 0 fully saturated rings. The van der Waals surface area contributed by atoms with Gasteiger partial charge in [-0.05, 0) is 24.3 Å². The summed E-state index contributed by atoms with van der Waals surface area (Å²) in [6, 6.07) is 4.77. The van der Waals surface area contributed by atoms with Crippen LogP contribution in [-0.4, -0.2) is 72.3 Å². The average molecular weight is 378 g/mol.